The van der Waals surface area contributed by atoms with Gasteiger partial charge in [0.15, 0.2) is 34.7 Å². The van der Waals surface area contributed by atoms with E-state index in [0.29, 0.717) is 35.0 Å². The van der Waals surface area contributed by atoms with E-state index >= 15 is 0 Å². The minimum absolute atomic E-state index is 0.337. The van der Waals surface area contributed by atoms with Gasteiger partial charge >= 0.3 is 0 Å². The third kappa shape index (κ3) is 3.82. The highest BCUT2D eigenvalue weighted by atomic mass is 16.6. The lowest BCUT2D eigenvalue weighted by atomic mass is 9.98. The van der Waals surface area contributed by atoms with Gasteiger partial charge in [-0.1, -0.05) is 12.1 Å². The first-order valence-electron chi connectivity index (χ1n) is 9.92. The van der Waals surface area contributed by atoms with E-state index in [1.54, 1.807) is 20.3 Å². The van der Waals surface area contributed by atoms with E-state index in [2.05, 4.69) is 20.3 Å². The molecular weight excluding hydrogens is 422 g/mol. The molecule has 1 aliphatic heterocycles. The van der Waals surface area contributed by atoms with Gasteiger partial charge in [-0.3, -0.25) is 4.57 Å². The molecule has 4 rings (SSSR count). The summed E-state index contributed by atoms with van der Waals surface area (Å²) >= 11 is 0. The number of nitrogens with one attached hydrogen (secondary N) is 1. The Morgan fingerprint density at radius 2 is 1.88 bits per heavy atom. The Labute approximate surface area is 183 Å². The summed E-state index contributed by atoms with van der Waals surface area (Å²) in [5.41, 5.74) is 1.59. The van der Waals surface area contributed by atoms with E-state index in [4.69, 9.17) is 14.2 Å². The first kappa shape index (κ1) is 22.2. The van der Waals surface area contributed by atoms with Crippen LogP contribution in [0.5, 0.6) is 11.5 Å². The van der Waals surface area contributed by atoms with Gasteiger partial charge in [-0.2, -0.15) is 0 Å². The van der Waals surface area contributed by atoms with Crippen LogP contribution in [-0.2, 0) is 11.3 Å². The van der Waals surface area contributed by atoms with Crippen molar-refractivity contribution < 1.29 is 34.6 Å². The maximum Gasteiger partial charge on any atom is 0.167 e. The summed E-state index contributed by atoms with van der Waals surface area (Å²) in [4.78, 5) is 12.8. The minimum atomic E-state index is -1.51. The maximum atomic E-state index is 10.4. The summed E-state index contributed by atoms with van der Waals surface area (Å²) in [6, 6.07) is 5.54. The summed E-state index contributed by atoms with van der Waals surface area (Å²) in [6.45, 7) is -0.169. The van der Waals surface area contributed by atoms with Crippen LogP contribution < -0.4 is 14.8 Å². The molecule has 0 amide bonds. The number of ether oxygens (including phenoxy) is 3. The lowest BCUT2D eigenvalue weighted by molar-refractivity contribution is -0.250. The molecule has 0 aliphatic carbocycles. The first-order valence-corrected chi connectivity index (χ1v) is 9.92. The third-order valence-corrected chi connectivity index (χ3v) is 5.43. The molecule has 0 spiro atoms. The fourth-order valence-electron chi connectivity index (χ4n) is 3.75. The number of nitrogens with zero attached hydrogens (tertiary/aromatic N) is 4. The zero-order valence-corrected chi connectivity index (χ0v) is 17.5. The Hall–Kier alpha value is -3.03. The quantitative estimate of drug-likeness (QED) is 0.315. The molecule has 172 valence electrons. The number of methoxy groups -OCH3 is 2. The van der Waals surface area contributed by atoms with Gasteiger partial charge in [0.2, 0.25) is 0 Å². The minimum Gasteiger partial charge on any atom is -0.493 e. The van der Waals surface area contributed by atoms with E-state index < -0.39 is 37.3 Å². The number of aliphatic hydroxyl groups is 4. The van der Waals surface area contributed by atoms with E-state index in [1.165, 1.54) is 17.2 Å². The zero-order valence-electron chi connectivity index (χ0n) is 17.5. The maximum absolute atomic E-state index is 10.4. The molecule has 0 bridgehead atoms. The average Bonchev–Trinajstić information content (AvgIpc) is 3.25. The van der Waals surface area contributed by atoms with Gasteiger partial charge in [-0.05, 0) is 6.07 Å². The topological polar surface area (TPSA) is 164 Å². The summed E-state index contributed by atoms with van der Waals surface area (Å²) < 4.78 is 17.8. The van der Waals surface area contributed by atoms with Crippen LogP contribution in [0.3, 0.4) is 0 Å². The van der Waals surface area contributed by atoms with Crippen LogP contribution in [0.15, 0.2) is 30.9 Å². The number of hydrogen-bond donors (Lipinski definition) is 5. The molecule has 1 aliphatic rings. The van der Waals surface area contributed by atoms with Gasteiger partial charge in [-0.25, -0.2) is 15.0 Å². The smallest absolute Gasteiger partial charge is 0.167 e. The summed E-state index contributed by atoms with van der Waals surface area (Å²) in [7, 11) is 3.13. The van der Waals surface area contributed by atoms with E-state index in [1.807, 2.05) is 12.1 Å². The molecule has 1 unspecified atom stereocenters. The van der Waals surface area contributed by atoms with Gasteiger partial charge in [0.25, 0.3) is 0 Å². The number of para-hydroxylation sites is 1. The standard InChI is InChI=1S/C20H25N5O7/c1-30-11-5-3-4-10(17(11)31-2)6-21-18-13-19(23-8-22-18)25(9-24-13)20-16(29)15(28)14(27)12(7-26)32-20/h3-5,8-9,12,14-16,20,26-29H,6-7H2,1-2H3,(H,21,22,23)/t12-,14-,15+,16-,20?/m1/s1. The molecule has 1 fully saturated rings. The molecule has 0 radical (unpaired) electrons. The van der Waals surface area contributed by atoms with Crippen molar-refractivity contribution in [2.45, 2.75) is 37.2 Å². The van der Waals surface area contributed by atoms with Crippen molar-refractivity contribution in [3.63, 3.8) is 0 Å². The van der Waals surface area contributed by atoms with E-state index in [0.717, 1.165) is 5.56 Å². The van der Waals surface area contributed by atoms with Crippen molar-refractivity contribution in [2.24, 2.45) is 0 Å². The predicted octanol–water partition coefficient (Wildman–Crippen LogP) is -0.572. The molecule has 5 atom stereocenters. The summed E-state index contributed by atoms with van der Waals surface area (Å²) in [5, 5.41) is 43.2. The highest BCUT2D eigenvalue weighted by Gasteiger charge is 2.44. The molecule has 1 saturated heterocycles. The Morgan fingerprint density at radius 1 is 1.06 bits per heavy atom. The van der Waals surface area contributed by atoms with Crippen LogP contribution in [0, 0.1) is 0 Å². The molecule has 12 nitrogen and oxygen atoms in total. The van der Waals surface area contributed by atoms with Crippen molar-refractivity contribution in [1.82, 2.24) is 19.5 Å². The predicted molar refractivity (Wildman–Crippen MR) is 111 cm³/mol. The second-order valence-electron chi connectivity index (χ2n) is 7.27. The summed E-state index contributed by atoms with van der Waals surface area (Å²) in [5.74, 6) is 1.63. The number of aliphatic hydroxyl groups excluding tert-OH is 4. The van der Waals surface area contributed by atoms with Gasteiger partial charge in [0.1, 0.15) is 30.7 Å². The second-order valence-corrected chi connectivity index (χ2v) is 7.27. The summed E-state index contributed by atoms with van der Waals surface area (Å²) in [6.07, 6.45) is -3.86. The van der Waals surface area contributed by atoms with Crippen LogP contribution in [0.25, 0.3) is 11.2 Å². The van der Waals surface area contributed by atoms with Crippen LogP contribution >= 0.6 is 0 Å². The van der Waals surface area contributed by atoms with Crippen molar-refractivity contribution in [1.29, 1.82) is 0 Å². The number of imidazole rings is 1. The molecule has 12 heteroatoms. The largest absolute Gasteiger partial charge is 0.493 e. The molecule has 0 saturated carbocycles. The zero-order chi connectivity index (χ0) is 22.8. The second kappa shape index (κ2) is 9.22. The Bertz CT molecular complexity index is 1080. The van der Waals surface area contributed by atoms with E-state index in [9.17, 15) is 20.4 Å². The Morgan fingerprint density at radius 3 is 2.59 bits per heavy atom. The highest BCUT2D eigenvalue weighted by molar-refractivity contribution is 5.82. The number of rotatable bonds is 7. The number of anilines is 1. The number of hydrogen-bond acceptors (Lipinski definition) is 11. The van der Waals surface area contributed by atoms with E-state index in [-0.39, 0.29) is 0 Å². The van der Waals surface area contributed by atoms with Crippen LogP contribution in [0.2, 0.25) is 0 Å². The number of benzene rings is 1. The number of fused-ring (bicyclic) bond motifs is 1. The molecule has 1 aromatic carbocycles. The van der Waals surface area contributed by atoms with Gasteiger partial charge in [0, 0.05) is 12.1 Å². The highest BCUT2D eigenvalue weighted by Crippen LogP contribution is 2.33. The van der Waals surface area contributed by atoms with Crippen molar-refractivity contribution >= 4 is 17.0 Å². The number of aromatic nitrogens is 4. The molecule has 32 heavy (non-hydrogen) atoms. The van der Waals surface area contributed by atoms with Crippen LogP contribution in [-0.4, -0.2) is 85.2 Å². The molecular formula is C20H25N5O7. The Kier molecular flexibility index (Phi) is 6.39. The molecule has 5 N–H and O–H groups in total. The first-order chi connectivity index (χ1) is 15.5. The lowest BCUT2D eigenvalue weighted by Crippen LogP contribution is -2.56. The lowest BCUT2D eigenvalue weighted by Gasteiger charge is -2.40. The van der Waals surface area contributed by atoms with Gasteiger partial charge in [0.05, 0.1) is 27.2 Å². The Balaban J connectivity index is 1.62. The third-order valence-electron chi connectivity index (χ3n) is 5.43. The van der Waals surface area contributed by atoms with Crippen LogP contribution in [0.1, 0.15) is 11.8 Å². The van der Waals surface area contributed by atoms with Gasteiger partial charge < -0.3 is 40.0 Å². The van der Waals surface area contributed by atoms with Crippen LogP contribution in [0.4, 0.5) is 5.82 Å². The fraction of sp³-hybridized carbons (Fsp3) is 0.450. The van der Waals surface area contributed by atoms with Crippen molar-refractivity contribution in [3.05, 3.63) is 36.4 Å². The molecule has 3 aromatic rings. The fourth-order valence-corrected chi connectivity index (χ4v) is 3.75. The molecule has 2 aromatic heterocycles. The molecule has 3 heterocycles. The normalized spacial score (nSPS) is 25.6. The van der Waals surface area contributed by atoms with Crippen molar-refractivity contribution in [2.75, 3.05) is 26.1 Å². The SMILES string of the molecule is COc1cccc(CNc2ncnc3c2ncn3C2O[C@H](CO)[C@@H](O)[C@H](O)[C@H]2O)c1OC. The monoisotopic (exact) mass is 447 g/mol. The average molecular weight is 447 g/mol. The van der Waals surface area contributed by atoms with Crippen molar-refractivity contribution in [3.8, 4) is 11.5 Å². The van der Waals surface area contributed by atoms with Gasteiger partial charge in [-0.15, -0.1) is 0 Å².